The molecule has 2 saturated carbocycles. The Bertz CT molecular complexity index is 187. The van der Waals surface area contributed by atoms with Crippen molar-refractivity contribution in [3.05, 3.63) is 0 Å². The fraction of sp³-hybridized carbons (Fsp3) is 1.00. The molecule has 0 amide bonds. The fourth-order valence-corrected chi connectivity index (χ4v) is 2.47. The number of rotatable bonds is 5. The van der Waals surface area contributed by atoms with Gasteiger partial charge in [0, 0.05) is 19.7 Å². The van der Waals surface area contributed by atoms with Crippen molar-refractivity contribution >= 4 is 0 Å². The van der Waals surface area contributed by atoms with E-state index in [1.807, 2.05) is 0 Å². The van der Waals surface area contributed by atoms with E-state index in [1.165, 1.54) is 25.7 Å². The van der Waals surface area contributed by atoms with Gasteiger partial charge in [0.2, 0.25) is 0 Å². The van der Waals surface area contributed by atoms with Crippen LogP contribution in [-0.2, 0) is 4.74 Å². The van der Waals surface area contributed by atoms with Crippen LogP contribution in [0.25, 0.3) is 0 Å². The van der Waals surface area contributed by atoms with E-state index in [4.69, 9.17) is 4.74 Å². The molecule has 13 heavy (non-hydrogen) atoms. The van der Waals surface area contributed by atoms with Gasteiger partial charge in [0.25, 0.3) is 0 Å². The molecule has 0 aromatic rings. The minimum absolute atomic E-state index is 0.540. The smallest absolute Gasteiger partial charge is 0.0823 e. The lowest BCUT2D eigenvalue weighted by Crippen LogP contribution is -2.48. The zero-order valence-corrected chi connectivity index (χ0v) is 8.17. The summed E-state index contributed by atoms with van der Waals surface area (Å²) in [6, 6.07) is 0. The molecule has 0 unspecified atom stereocenters. The normalized spacial score (nSPS) is 38.8. The van der Waals surface area contributed by atoms with Crippen LogP contribution in [-0.4, -0.2) is 25.8 Å². The summed E-state index contributed by atoms with van der Waals surface area (Å²) in [6.07, 6.45) is 6.43. The summed E-state index contributed by atoms with van der Waals surface area (Å²) in [5, 5.41) is 3.23. The van der Waals surface area contributed by atoms with Crippen LogP contribution in [0.15, 0.2) is 0 Å². The third kappa shape index (κ3) is 1.89. The molecule has 0 aromatic carbocycles. The predicted octanol–water partition coefficient (Wildman–Crippen LogP) is 1.41. The summed E-state index contributed by atoms with van der Waals surface area (Å²) in [6.45, 7) is 3.17. The van der Waals surface area contributed by atoms with Crippen LogP contribution in [0.3, 0.4) is 0 Å². The lowest BCUT2D eigenvalue weighted by molar-refractivity contribution is 0.0154. The van der Waals surface area contributed by atoms with Gasteiger partial charge in [-0.3, -0.25) is 0 Å². The van der Waals surface area contributed by atoms with Crippen molar-refractivity contribution in [1.82, 2.24) is 5.32 Å². The average Bonchev–Trinajstić information content (AvgIpc) is 2.84. The van der Waals surface area contributed by atoms with Gasteiger partial charge in [-0.1, -0.05) is 0 Å². The van der Waals surface area contributed by atoms with Crippen LogP contribution >= 0.6 is 0 Å². The zero-order chi connectivity index (χ0) is 8.67. The molecule has 0 aromatic heterocycles. The summed E-state index contributed by atoms with van der Waals surface area (Å²) in [7, 11) is 0. The first-order chi connectivity index (χ1) is 6.43. The molecule has 0 spiro atoms. The lowest BCUT2D eigenvalue weighted by Gasteiger charge is -2.27. The molecule has 1 N–H and O–H groups in total. The van der Waals surface area contributed by atoms with Crippen molar-refractivity contribution in [2.45, 2.75) is 31.8 Å². The molecule has 2 atom stereocenters. The van der Waals surface area contributed by atoms with E-state index in [0.717, 1.165) is 37.5 Å². The molecule has 0 radical (unpaired) electrons. The Kier molecular flexibility index (Phi) is 2.06. The largest absolute Gasteiger partial charge is 0.376 e. The quantitative estimate of drug-likeness (QED) is 0.692. The van der Waals surface area contributed by atoms with Gasteiger partial charge in [0.15, 0.2) is 0 Å². The first-order valence-electron chi connectivity index (χ1n) is 5.76. The molecule has 2 aliphatic carbocycles. The van der Waals surface area contributed by atoms with E-state index < -0.39 is 0 Å². The molecule has 2 nitrogen and oxygen atoms in total. The Morgan fingerprint density at radius 2 is 2.08 bits per heavy atom. The number of hydrogen-bond acceptors (Lipinski definition) is 2. The molecular formula is C11H19NO. The van der Waals surface area contributed by atoms with E-state index in [2.05, 4.69) is 5.32 Å². The highest BCUT2D eigenvalue weighted by molar-refractivity contribution is 4.96. The van der Waals surface area contributed by atoms with Gasteiger partial charge in [0.05, 0.1) is 6.10 Å². The van der Waals surface area contributed by atoms with Crippen molar-refractivity contribution in [3.8, 4) is 0 Å². The number of hydrogen-bond donors (Lipinski definition) is 1. The van der Waals surface area contributed by atoms with Gasteiger partial charge < -0.3 is 10.1 Å². The topological polar surface area (TPSA) is 21.3 Å². The summed E-state index contributed by atoms with van der Waals surface area (Å²) >= 11 is 0. The van der Waals surface area contributed by atoms with Crippen LogP contribution in [0, 0.1) is 17.8 Å². The molecule has 1 aliphatic heterocycles. The molecule has 74 valence electrons. The summed E-state index contributed by atoms with van der Waals surface area (Å²) in [5.74, 6) is 3.29. The highest BCUT2D eigenvalue weighted by atomic mass is 16.5. The molecule has 3 fully saturated rings. The van der Waals surface area contributed by atoms with Gasteiger partial charge in [-0.15, -0.1) is 0 Å². The minimum Gasteiger partial charge on any atom is -0.376 e. The van der Waals surface area contributed by atoms with Crippen LogP contribution in [0.2, 0.25) is 0 Å². The van der Waals surface area contributed by atoms with E-state index in [-0.39, 0.29) is 0 Å². The first kappa shape index (κ1) is 8.25. The molecule has 1 heterocycles. The molecule has 3 aliphatic rings. The summed E-state index contributed by atoms with van der Waals surface area (Å²) < 4.78 is 5.71. The lowest BCUT2D eigenvalue weighted by atomic mass is 10.2. The van der Waals surface area contributed by atoms with Crippen LogP contribution in [0.4, 0.5) is 0 Å². The average molecular weight is 181 g/mol. The highest BCUT2D eigenvalue weighted by Gasteiger charge is 2.46. The third-order valence-electron chi connectivity index (χ3n) is 3.79. The number of nitrogens with one attached hydrogen (secondary N) is 1. The third-order valence-corrected chi connectivity index (χ3v) is 3.79. The van der Waals surface area contributed by atoms with E-state index in [9.17, 15) is 0 Å². The molecular weight excluding hydrogens is 162 g/mol. The summed E-state index contributed by atoms with van der Waals surface area (Å²) in [4.78, 5) is 0. The Labute approximate surface area is 80.0 Å². The monoisotopic (exact) mass is 181 g/mol. The second-order valence-electron chi connectivity index (χ2n) is 4.94. The molecule has 2 heteroatoms. The van der Waals surface area contributed by atoms with E-state index >= 15 is 0 Å². The maximum atomic E-state index is 5.71. The fourth-order valence-electron chi connectivity index (χ4n) is 2.47. The van der Waals surface area contributed by atoms with E-state index in [0.29, 0.717) is 6.10 Å². The van der Waals surface area contributed by atoms with Gasteiger partial charge in [-0.2, -0.15) is 0 Å². The second kappa shape index (κ2) is 3.25. The minimum atomic E-state index is 0.540. The Morgan fingerprint density at radius 1 is 1.23 bits per heavy atom. The number of ether oxygens (including phenoxy) is 1. The first-order valence-corrected chi connectivity index (χ1v) is 5.76. The van der Waals surface area contributed by atoms with Crippen LogP contribution < -0.4 is 5.32 Å². The van der Waals surface area contributed by atoms with Crippen LogP contribution in [0.5, 0.6) is 0 Å². The van der Waals surface area contributed by atoms with Crippen molar-refractivity contribution in [1.29, 1.82) is 0 Å². The van der Waals surface area contributed by atoms with Crippen molar-refractivity contribution in [2.75, 3.05) is 19.7 Å². The maximum absolute atomic E-state index is 5.71. The highest BCUT2D eigenvalue weighted by Crippen LogP contribution is 2.55. The Balaban J connectivity index is 1.27. The summed E-state index contributed by atoms with van der Waals surface area (Å²) in [5.41, 5.74) is 0. The maximum Gasteiger partial charge on any atom is 0.0823 e. The predicted molar refractivity (Wildman–Crippen MR) is 51.5 cm³/mol. The van der Waals surface area contributed by atoms with Gasteiger partial charge in [-0.05, 0) is 43.4 Å². The second-order valence-corrected chi connectivity index (χ2v) is 4.94. The standard InChI is InChI=1S/C11H19NO/c1-2-8(1)11-5-9(11)3-4-13-10-6-12-7-10/h8-12H,1-7H2/t9-,11+/m1/s1. The molecule has 0 bridgehead atoms. The van der Waals surface area contributed by atoms with Crippen molar-refractivity contribution in [3.63, 3.8) is 0 Å². The van der Waals surface area contributed by atoms with Gasteiger partial charge in [0.1, 0.15) is 0 Å². The van der Waals surface area contributed by atoms with Gasteiger partial charge in [-0.25, -0.2) is 0 Å². The van der Waals surface area contributed by atoms with Crippen molar-refractivity contribution in [2.24, 2.45) is 17.8 Å². The Hall–Kier alpha value is -0.0800. The van der Waals surface area contributed by atoms with Crippen molar-refractivity contribution < 1.29 is 4.74 Å². The molecule has 1 saturated heterocycles. The SMILES string of the molecule is C(C[C@@H]1C[C@H]1C1CC1)OC1CNC1. The Morgan fingerprint density at radius 3 is 2.69 bits per heavy atom. The molecule has 3 rings (SSSR count). The zero-order valence-electron chi connectivity index (χ0n) is 8.17. The van der Waals surface area contributed by atoms with Gasteiger partial charge >= 0.3 is 0 Å². The van der Waals surface area contributed by atoms with E-state index in [1.54, 1.807) is 0 Å². The van der Waals surface area contributed by atoms with Crippen LogP contribution in [0.1, 0.15) is 25.7 Å².